The van der Waals surface area contributed by atoms with Crippen LogP contribution in [0.1, 0.15) is 5.69 Å². The molecule has 0 aromatic carbocycles. The molecule has 0 aliphatic carbocycles. The van der Waals surface area contributed by atoms with Crippen molar-refractivity contribution in [1.29, 1.82) is 0 Å². The number of hydrogen-bond donors (Lipinski definition) is 0. The molecule has 1 heterocycles. The summed E-state index contributed by atoms with van der Waals surface area (Å²) in [6, 6.07) is 2.97. The molecule has 0 bridgehead atoms. The first-order chi connectivity index (χ1) is 4.33. The highest BCUT2D eigenvalue weighted by atomic mass is 19.3. The van der Waals surface area contributed by atoms with Crippen LogP contribution in [0, 0.1) is 6.92 Å². The minimum absolute atomic E-state index is 0.197. The molecule has 0 amide bonds. The maximum atomic E-state index is 11.4. The van der Waals surface area contributed by atoms with Gasteiger partial charge in [0.05, 0.1) is 0 Å². The molecule has 0 atom stereocenters. The molecule has 0 unspecified atom stereocenters. The Balaban J connectivity index is 2.94. The van der Waals surface area contributed by atoms with Gasteiger partial charge < -0.3 is 0 Å². The molecule has 1 aromatic heterocycles. The van der Waals surface area contributed by atoms with Crippen LogP contribution in [0.2, 0.25) is 0 Å². The Kier molecular flexibility index (Phi) is 1.63. The molecule has 3 heteroatoms. The van der Waals surface area contributed by atoms with Gasteiger partial charge in [0.2, 0.25) is 0 Å². The zero-order valence-electron chi connectivity index (χ0n) is 4.97. The summed E-state index contributed by atoms with van der Waals surface area (Å²) in [7, 11) is 0. The van der Waals surface area contributed by atoms with Gasteiger partial charge in [-0.2, -0.15) is 0 Å². The van der Waals surface area contributed by atoms with Gasteiger partial charge in [-0.1, -0.05) is 0 Å². The third kappa shape index (κ3) is 1.38. The van der Waals surface area contributed by atoms with Gasteiger partial charge in [0.25, 0.3) is 0 Å². The summed E-state index contributed by atoms with van der Waals surface area (Å²) >= 11 is 0. The summed E-state index contributed by atoms with van der Waals surface area (Å²) in [5.41, 5.74) is 0.741. The fourth-order valence-electron chi connectivity index (χ4n) is 0.568. The molecule has 9 heavy (non-hydrogen) atoms. The molecule has 0 spiro atoms. The lowest BCUT2D eigenvalue weighted by atomic mass is 10.4. The van der Waals surface area contributed by atoms with E-state index in [0.717, 1.165) is 5.69 Å². The average molecular weight is 127 g/mol. The number of hydrogen-bond acceptors (Lipinski definition) is 2. The summed E-state index contributed by atoms with van der Waals surface area (Å²) < 4.78 is 11.4. The Bertz CT molecular complexity index is 202. The lowest BCUT2D eigenvalue weighted by Crippen LogP contribution is -1.80. The Morgan fingerprint density at radius 1 is 1.67 bits per heavy atom. The van der Waals surface area contributed by atoms with Gasteiger partial charge in [-0.15, -0.1) is 0 Å². The van der Waals surface area contributed by atoms with Crippen molar-refractivity contribution in [3.63, 3.8) is 0 Å². The number of rotatable bonds is 1. The van der Waals surface area contributed by atoms with Gasteiger partial charge in [0.15, 0.2) is 5.75 Å². The standard InChI is InChI=1S/C6H6FNO/c1-5-4-6(9-7)2-3-8-5/h2-4H,1H3. The minimum Gasteiger partial charge on any atom is -0.294 e. The topological polar surface area (TPSA) is 22.1 Å². The van der Waals surface area contributed by atoms with E-state index < -0.39 is 0 Å². The minimum atomic E-state index is 0.197. The quantitative estimate of drug-likeness (QED) is 0.572. The van der Waals surface area contributed by atoms with Crippen LogP contribution in [0.3, 0.4) is 0 Å². The van der Waals surface area contributed by atoms with Crippen molar-refractivity contribution in [2.45, 2.75) is 6.92 Å². The molecule has 0 saturated heterocycles. The van der Waals surface area contributed by atoms with Gasteiger partial charge in [0.1, 0.15) is 0 Å². The van der Waals surface area contributed by atoms with Gasteiger partial charge in [0, 0.05) is 28.5 Å². The Morgan fingerprint density at radius 3 is 2.89 bits per heavy atom. The van der Waals surface area contributed by atoms with E-state index in [9.17, 15) is 4.53 Å². The summed E-state index contributed by atoms with van der Waals surface area (Å²) in [6.07, 6.45) is 1.49. The van der Waals surface area contributed by atoms with E-state index in [1.165, 1.54) is 18.3 Å². The Labute approximate surface area is 52.2 Å². The van der Waals surface area contributed by atoms with E-state index in [4.69, 9.17) is 0 Å². The third-order valence-corrected chi connectivity index (χ3v) is 0.957. The van der Waals surface area contributed by atoms with Crippen LogP contribution in [0.4, 0.5) is 4.53 Å². The number of aryl methyl sites for hydroxylation is 1. The van der Waals surface area contributed by atoms with Crippen LogP contribution in [0.5, 0.6) is 5.75 Å². The normalized spacial score (nSPS) is 9.11. The van der Waals surface area contributed by atoms with Crippen LogP contribution in [0.25, 0.3) is 0 Å². The smallest absolute Gasteiger partial charge is 0.175 e. The van der Waals surface area contributed by atoms with E-state index in [1.54, 1.807) is 6.92 Å². The molecule has 0 aliphatic rings. The van der Waals surface area contributed by atoms with Gasteiger partial charge in [-0.25, -0.2) is 0 Å². The molecule has 0 N–H and O–H groups in total. The second-order valence-electron chi connectivity index (χ2n) is 1.71. The molecular formula is C6H6FNO. The van der Waals surface area contributed by atoms with E-state index in [2.05, 4.69) is 9.93 Å². The van der Waals surface area contributed by atoms with Gasteiger partial charge in [-0.3, -0.25) is 9.93 Å². The van der Waals surface area contributed by atoms with Gasteiger partial charge >= 0.3 is 0 Å². The highest BCUT2D eigenvalue weighted by molar-refractivity contribution is 5.20. The summed E-state index contributed by atoms with van der Waals surface area (Å²) in [4.78, 5) is 7.30. The second-order valence-corrected chi connectivity index (χ2v) is 1.71. The monoisotopic (exact) mass is 127 g/mol. The van der Waals surface area contributed by atoms with Crippen molar-refractivity contribution >= 4 is 0 Å². The van der Waals surface area contributed by atoms with Crippen molar-refractivity contribution < 1.29 is 9.47 Å². The van der Waals surface area contributed by atoms with Crippen LogP contribution >= 0.6 is 0 Å². The van der Waals surface area contributed by atoms with E-state index >= 15 is 0 Å². The predicted octanol–water partition coefficient (Wildman–Crippen LogP) is 1.65. The molecule has 1 aromatic rings. The number of nitrogens with zero attached hydrogens (tertiary/aromatic N) is 1. The molecular weight excluding hydrogens is 121 g/mol. The zero-order chi connectivity index (χ0) is 6.69. The van der Waals surface area contributed by atoms with Crippen LogP contribution < -0.4 is 4.94 Å². The first kappa shape index (κ1) is 6.01. The summed E-state index contributed by atoms with van der Waals surface area (Å²) in [6.45, 7) is 1.77. The third-order valence-electron chi connectivity index (χ3n) is 0.957. The maximum Gasteiger partial charge on any atom is 0.175 e. The van der Waals surface area contributed by atoms with Gasteiger partial charge in [-0.05, 0) is 6.92 Å². The Hall–Kier alpha value is -1.12. The molecule has 0 fully saturated rings. The average Bonchev–Trinajstić information content (AvgIpc) is 1.88. The SMILES string of the molecule is Cc1cc(OF)ccn1. The fraction of sp³-hybridized carbons (Fsp3) is 0.167. The van der Waals surface area contributed by atoms with E-state index in [1.807, 2.05) is 0 Å². The summed E-state index contributed by atoms with van der Waals surface area (Å²) in [5.74, 6) is 0.197. The van der Waals surface area contributed by atoms with Crippen molar-refractivity contribution in [1.82, 2.24) is 4.98 Å². The van der Waals surface area contributed by atoms with Crippen LogP contribution in [0.15, 0.2) is 18.3 Å². The molecule has 48 valence electrons. The zero-order valence-corrected chi connectivity index (χ0v) is 4.97. The highest BCUT2D eigenvalue weighted by Gasteiger charge is 1.91. The first-order valence-electron chi connectivity index (χ1n) is 2.54. The number of aromatic nitrogens is 1. The highest BCUT2D eigenvalue weighted by Crippen LogP contribution is 2.09. The fourth-order valence-corrected chi connectivity index (χ4v) is 0.568. The number of pyridine rings is 1. The van der Waals surface area contributed by atoms with Crippen LogP contribution in [-0.2, 0) is 0 Å². The summed E-state index contributed by atoms with van der Waals surface area (Å²) in [5, 5.41) is 0. The second kappa shape index (κ2) is 2.44. The van der Waals surface area contributed by atoms with Crippen molar-refractivity contribution in [2.24, 2.45) is 0 Å². The lowest BCUT2D eigenvalue weighted by molar-refractivity contribution is -0.00637. The lowest BCUT2D eigenvalue weighted by Gasteiger charge is -1.92. The predicted molar refractivity (Wildman–Crippen MR) is 30.7 cm³/mol. The molecule has 0 saturated carbocycles. The molecule has 1 rings (SSSR count). The largest absolute Gasteiger partial charge is 0.294 e. The maximum absolute atomic E-state index is 11.4. The van der Waals surface area contributed by atoms with E-state index in [0.29, 0.717) is 0 Å². The molecule has 0 radical (unpaired) electrons. The molecule has 0 aliphatic heterocycles. The van der Waals surface area contributed by atoms with Crippen molar-refractivity contribution in [3.8, 4) is 5.75 Å². The molecule has 2 nitrogen and oxygen atoms in total. The Morgan fingerprint density at radius 2 is 2.44 bits per heavy atom. The first-order valence-corrected chi connectivity index (χ1v) is 2.54. The van der Waals surface area contributed by atoms with Crippen LogP contribution in [-0.4, -0.2) is 4.98 Å². The van der Waals surface area contributed by atoms with Crippen molar-refractivity contribution in [2.75, 3.05) is 0 Å². The van der Waals surface area contributed by atoms with Crippen molar-refractivity contribution in [3.05, 3.63) is 24.0 Å². The van der Waals surface area contributed by atoms with E-state index in [-0.39, 0.29) is 5.75 Å². The number of halogens is 1.